The molecule has 1 unspecified atom stereocenters. The second kappa shape index (κ2) is 5.96. The van der Waals surface area contributed by atoms with Crippen LogP contribution in [0.3, 0.4) is 0 Å². The fourth-order valence-electron chi connectivity index (χ4n) is 3.56. The first kappa shape index (κ1) is 14.4. The Morgan fingerprint density at radius 1 is 1.32 bits per heavy atom. The Kier molecular flexibility index (Phi) is 4.51. The van der Waals surface area contributed by atoms with Gasteiger partial charge in [0.15, 0.2) is 0 Å². The summed E-state index contributed by atoms with van der Waals surface area (Å²) in [6.45, 7) is 8.99. The molecule has 1 heterocycles. The van der Waals surface area contributed by atoms with E-state index in [2.05, 4.69) is 49.9 Å². The minimum atomic E-state index is 0.211. The van der Waals surface area contributed by atoms with Crippen molar-refractivity contribution in [2.24, 2.45) is 11.7 Å². The third-order valence-electron chi connectivity index (χ3n) is 4.81. The molecular weight excluding hydrogens is 232 g/mol. The summed E-state index contributed by atoms with van der Waals surface area (Å²) < 4.78 is 0. The molecule has 1 aromatic carbocycles. The summed E-state index contributed by atoms with van der Waals surface area (Å²) in [5, 5.41) is 0. The minimum Gasteiger partial charge on any atom is -0.366 e. The highest BCUT2D eigenvalue weighted by molar-refractivity contribution is 5.56. The molecule has 19 heavy (non-hydrogen) atoms. The van der Waals surface area contributed by atoms with Crippen molar-refractivity contribution in [2.45, 2.75) is 52.0 Å². The molecule has 1 atom stereocenters. The van der Waals surface area contributed by atoms with Crippen molar-refractivity contribution in [1.29, 1.82) is 0 Å². The molecule has 2 heteroatoms. The van der Waals surface area contributed by atoms with E-state index in [0.717, 1.165) is 19.4 Å². The number of nitrogens with zero attached hydrogens (tertiary/aromatic N) is 1. The number of hydrogen-bond donors (Lipinski definition) is 1. The van der Waals surface area contributed by atoms with Gasteiger partial charge in [-0.05, 0) is 63.6 Å². The lowest BCUT2D eigenvalue weighted by Gasteiger charge is -2.50. The van der Waals surface area contributed by atoms with E-state index in [1.54, 1.807) is 0 Å². The van der Waals surface area contributed by atoms with Crippen LogP contribution in [0, 0.1) is 5.92 Å². The lowest BCUT2D eigenvalue weighted by Crippen LogP contribution is -2.54. The van der Waals surface area contributed by atoms with Gasteiger partial charge in [-0.1, -0.05) is 25.1 Å². The van der Waals surface area contributed by atoms with Gasteiger partial charge in [0.05, 0.1) is 0 Å². The van der Waals surface area contributed by atoms with Crippen molar-refractivity contribution in [3.63, 3.8) is 0 Å². The largest absolute Gasteiger partial charge is 0.366 e. The number of aryl methyl sites for hydroxylation is 1. The van der Waals surface area contributed by atoms with Crippen LogP contribution >= 0.6 is 0 Å². The maximum atomic E-state index is 5.80. The quantitative estimate of drug-likeness (QED) is 0.896. The van der Waals surface area contributed by atoms with E-state index >= 15 is 0 Å². The Balaban J connectivity index is 2.32. The van der Waals surface area contributed by atoms with E-state index in [0.29, 0.717) is 5.92 Å². The van der Waals surface area contributed by atoms with Crippen molar-refractivity contribution >= 4 is 5.69 Å². The highest BCUT2D eigenvalue weighted by Crippen LogP contribution is 2.39. The van der Waals surface area contributed by atoms with Gasteiger partial charge < -0.3 is 10.6 Å². The first-order chi connectivity index (χ1) is 9.11. The molecule has 106 valence electrons. The summed E-state index contributed by atoms with van der Waals surface area (Å²) in [6, 6.07) is 8.86. The fourth-order valence-corrected chi connectivity index (χ4v) is 3.56. The van der Waals surface area contributed by atoms with E-state index in [1.807, 2.05) is 0 Å². The van der Waals surface area contributed by atoms with Crippen LogP contribution in [0.5, 0.6) is 0 Å². The maximum Gasteiger partial charge on any atom is 0.0403 e. The van der Waals surface area contributed by atoms with Crippen LogP contribution in [0.4, 0.5) is 5.69 Å². The molecule has 1 aliphatic rings. The fraction of sp³-hybridized carbons (Fsp3) is 0.647. The zero-order valence-corrected chi connectivity index (χ0v) is 12.7. The second-order valence-corrected chi connectivity index (χ2v) is 6.20. The van der Waals surface area contributed by atoms with Gasteiger partial charge in [-0.15, -0.1) is 0 Å². The molecule has 1 aliphatic heterocycles. The van der Waals surface area contributed by atoms with Gasteiger partial charge in [0.25, 0.3) is 0 Å². The molecule has 0 amide bonds. The van der Waals surface area contributed by atoms with Gasteiger partial charge >= 0.3 is 0 Å². The summed E-state index contributed by atoms with van der Waals surface area (Å²) >= 11 is 0. The number of nitrogens with two attached hydrogens (primary N) is 1. The van der Waals surface area contributed by atoms with E-state index in [9.17, 15) is 0 Å². The number of anilines is 1. The first-order valence-corrected chi connectivity index (χ1v) is 7.66. The number of benzene rings is 1. The number of hydrogen-bond acceptors (Lipinski definition) is 2. The van der Waals surface area contributed by atoms with Crippen molar-refractivity contribution in [1.82, 2.24) is 0 Å². The monoisotopic (exact) mass is 260 g/mol. The lowest BCUT2D eigenvalue weighted by atomic mass is 9.76. The van der Waals surface area contributed by atoms with Gasteiger partial charge in [-0.25, -0.2) is 0 Å². The molecule has 1 fully saturated rings. The average Bonchev–Trinajstić information content (AvgIpc) is 2.41. The van der Waals surface area contributed by atoms with Crippen LogP contribution in [0.1, 0.15) is 45.6 Å². The van der Waals surface area contributed by atoms with Crippen LogP contribution in [0.25, 0.3) is 0 Å². The van der Waals surface area contributed by atoms with Crippen LogP contribution in [-0.4, -0.2) is 18.6 Å². The van der Waals surface area contributed by atoms with Crippen LogP contribution in [-0.2, 0) is 6.42 Å². The summed E-state index contributed by atoms with van der Waals surface area (Å²) in [6.07, 6.45) is 4.84. The van der Waals surface area contributed by atoms with E-state index in [-0.39, 0.29) is 5.54 Å². The molecule has 0 aliphatic carbocycles. The van der Waals surface area contributed by atoms with Crippen LogP contribution in [0.15, 0.2) is 24.3 Å². The van der Waals surface area contributed by atoms with Crippen molar-refractivity contribution in [3.8, 4) is 0 Å². The summed E-state index contributed by atoms with van der Waals surface area (Å²) in [7, 11) is 0. The molecule has 0 radical (unpaired) electrons. The second-order valence-electron chi connectivity index (χ2n) is 6.20. The zero-order chi connectivity index (χ0) is 13.9. The summed E-state index contributed by atoms with van der Waals surface area (Å²) in [4.78, 5) is 2.62. The topological polar surface area (TPSA) is 29.3 Å². The zero-order valence-electron chi connectivity index (χ0n) is 12.7. The molecule has 0 bridgehead atoms. The predicted octanol–water partition coefficient (Wildman–Crippen LogP) is 3.59. The van der Waals surface area contributed by atoms with Gasteiger partial charge in [-0.3, -0.25) is 0 Å². The van der Waals surface area contributed by atoms with Gasteiger partial charge in [-0.2, -0.15) is 0 Å². The standard InChI is InChI=1S/C17H28N2/c1-4-14-8-5-6-10-16(14)19-13-7-9-15(11-12-18)17(19,2)3/h5-6,8,10,15H,4,7,9,11-13,18H2,1-3H3. The van der Waals surface area contributed by atoms with Crippen molar-refractivity contribution in [2.75, 3.05) is 18.0 Å². The van der Waals surface area contributed by atoms with Crippen molar-refractivity contribution in [3.05, 3.63) is 29.8 Å². The number of rotatable bonds is 4. The number of para-hydroxylation sites is 1. The number of piperidine rings is 1. The Morgan fingerprint density at radius 3 is 2.74 bits per heavy atom. The summed E-state index contributed by atoms with van der Waals surface area (Å²) in [5.41, 5.74) is 8.90. The first-order valence-electron chi connectivity index (χ1n) is 7.66. The van der Waals surface area contributed by atoms with Gasteiger partial charge in [0.2, 0.25) is 0 Å². The Hall–Kier alpha value is -1.02. The molecule has 0 aromatic heterocycles. The third kappa shape index (κ3) is 2.79. The SMILES string of the molecule is CCc1ccccc1N1CCCC(CCN)C1(C)C. The third-order valence-corrected chi connectivity index (χ3v) is 4.81. The molecule has 1 aromatic rings. The highest BCUT2D eigenvalue weighted by atomic mass is 15.2. The molecule has 2 rings (SSSR count). The Bertz CT molecular complexity index is 409. The maximum absolute atomic E-state index is 5.80. The lowest BCUT2D eigenvalue weighted by molar-refractivity contribution is 0.227. The Labute approximate surface area is 118 Å². The molecule has 0 saturated carbocycles. The van der Waals surface area contributed by atoms with Gasteiger partial charge in [0.1, 0.15) is 0 Å². The van der Waals surface area contributed by atoms with Crippen molar-refractivity contribution < 1.29 is 0 Å². The molecule has 2 nitrogen and oxygen atoms in total. The molecule has 1 saturated heterocycles. The van der Waals surface area contributed by atoms with E-state index in [1.165, 1.54) is 30.6 Å². The highest BCUT2D eigenvalue weighted by Gasteiger charge is 2.38. The minimum absolute atomic E-state index is 0.211. The molecule has 0 spiro atoms. The molecular formula is C17H28N2. The van der Waals surface area contributed by atoms with E-state index < -0.39 is 0 Å². The average molecular weight is 260 g/mol. The molecule has 2 N–H and O–H groups in total. The van der Waals surface area contributed by atoms with Gasteiger partial charge in [0, 0.05) is 17.8 Å². The summed E-state index contributed by atoms with van der Waals surface area (Å²) in [5.74, 6) is 0.705. The van der Waals surface area contributed by atoms with E-state index in [4.69, 9.17) is 5.73 Å². The normalized spacial score (nSPS) is 22.5. The Morgan fingerprint density at radius 2 is 2.05 bits per heavy atom. The predicted molar refractivity (Wildman–Crippen MR) is 83.6 cm³/mol. The smallest absolute Gasteiger partial charge is 0.0403 e. The van der Waals surface area contributed by atoms with Crippen LogP contribution in [0.2, 0.25) is 0 Å². The van der Waals surface area contributed by atoms with Crippen LogP contribution < -0.4 is 10.6 Å².